The molecule has 0 spiro atoms. The zero-order chi connectivity index (χ0) is 15.5. The molecule has 1 saturated carbocycles. The smallest absolute Gasteiger partial charge is 0.335 e. The number of nitrogens with one attached hydrogen (secondary N) is 2. The number of halogens is 4. The summed E-state index contributed by atoms with van der Waals surface area (Å²) < 4.78 is 50.9. The number of amides is 2. The topological polar surface area (TPSA) is 41.1 Å². The number of hydrogen-bond acceptors (Lipinski definition) is 1. The van der Waals surface area contributed by atoms with Crippen molar-refractivity contribution in [2.45, 2.75) is 37.9 Å². The molecule has 0 aromatic heterocycles. The summed E-state index contributed by atoms with van der Waals surface area (Å²) in [5.74, 6) is -1.85. The van der Waals surface area contributed by atoms with Crippen LogP contribution >= 0.6 is 0 Å². The van der Waals surface area contributed by atoms with Crippen LogP contribution in [0.3, 0.4) is 0 Å². The molecular weight excluding hydrogens is 288 g/mol. The highest BCUT2D eigenvalue weighted by atomic mass is 19.4. The maximum Gasteiger partial charge on any atom is 0.391 e. The van der Waals surface area contributed by atoms with Crippen LogP contribution in [-0.2, 0) is 0 Å². The first-order chi connectivity index (χ1) is 9.86. The second-order valence-electron chi connectivity index (χ2n) is 5.17. The zero-order valence-electron chi connectivity index (χ0n) is 11.2. The first kappa shape index (κ1) is 15.6. The number of anilines is 1. The highest BCUT2D eigenvalue weighted by molar-refractivity contribution is 5.89. The maximum atomic E-state index is 13.3. The zero-order valence-corrected chi connectivity index (χ0v) is 11.2. The van der Waals surface area contributed by atoms with E-state index in [9.17, 15) is 22.4 Å². The lowest BCUT2D eigenvalue weighted by Gasteiger charge is -2.30. The largest absolute Gasteiger partial charge is 0.391 e. The number of para-hydroxylation sites is 1. The summed E-state index contributed by atoms with van der Waals surface area (Å²) in [5.41, 5.74) is 0.0407. The summed E-state index contributed by atoms with van der Waals surface area (Å²) in [6.07, 6.45) is -3.60. The van der Waals surface area contributed by atoms with Gasteiger partial charge in [-0.15, -0.1) is 0 Å². The van der Waals surface area contributed by atoms with Crippen LogP contribution in [0.15, 0.2) is 24.3 Å². The number of carbonyl (C=O) groups excluding carboxylic acids is 1. The Kier molecular flexibility index (Phi) is 4.69. The summed E-state index contributed by atoms with van der Waals surface area (Å²) in [7, 11) is 0. The summed E-state index contributed by atoms with van der Waals surface area (Å²) >= 11 is 0. The number of carbonyl (C=O) groups is 1. The molecule has 0 aliphatic heterocycles. The van der Waals surface area contributed by atoms with Crippen molar-refractivity contribution in [1.29, 1.82) is 0 Å². The van der Waals surface area contributed by atoms with E-state index >= 15 is 0 Å². The van der Waals surface area contributed by atoms with Gasteiger partial charge in [-0.1, -0.05) is 12.1 Å². The molecule has 1 aromatic carbocycles. The fourth-order valence-corrected chi connectivity index (χ4v) is 2.47. The van der Waals surface area contributed by atoms with E-state index < -0.39 is 23.9 Å². The van der Waals surface area contributed by atoms with Gasteiger partial charge in [-0.3, -0.25) is 0 Å². The number of benzene rings is 1. The van der Waals surface area contributed by atoms with Gasteiger partial charge in [0.05, 0.1) is 11.6 Å². The second kappa shape index (κ2) is 6.32. The Hall–Kier alpha value is -1.79. The molecule has 0 atom stereocenters. The van der Waals surface area contributed by atoms with Gasteiger partial charge >= 0.3 is 12.2 Å². The van der Waals surface area contributed by atoms with Crippen LogP contribution in [0.2, 0.25) is 0 Å². The van der Waals surface area contributed by atoms with Crippen molar-refractivity contribution < 1.29 is 22.4 Å². The molecule has 0 saturated heterocycles. The Morgan fingerprint density at radius 2 is 1.71 bits per heavy atom. The summed E-state index contributed by atoms with van der Waals surface area (Å²) in [4.78, 5) is 11.7. The van der Waals surface area contributed by atoms with Crippen molar-refractivity contribution in [1.82, 2.24) is 5.32 Å². The van der Waals surface area contributed by atoms with Gasteiger partial charge < -0.3 is 10.6 Å². The number of alkyl halides is 3. The average Bonchev–Trinajstić information content (AvgIpc) is 2.41. The van der Waals surface area contributed by atoms with Crippen LogP contribution < -0.4 is 10.6 Å². The first-order valence-electron chi connectivity index (χ1n) is 6.75. The normalized spacial score (nSPS) is 22.7. The molecule has 2 N–H and O–H groups in total. The van der Waals surface area contributed by atoms with E-state index in [1.807, 2.05) is 0 Å². The number of urea groups is 1. The van der Waals surface area contributed by atoms with Crippen LogP contribution in [-0.4, -0.2) is 18.2 Å². The SMILES string of the molecule is O=C(Nc1ccccc1F)NC1CCC(C(F)(F)F)CC1. The Balaban J connectivity index is 1.81. The molecule has 0 heterocycles. The molecule has 1 aromatic rings. The van der Waals surface area contributed by atoms with Gasteiger partial charge in [0.2, 0.25) is 0 Å². The first-order valence-corrected chi connectivity index (χ1v) is 6.75. The predicted octanol–water partition coefficient (Wildman–Crippen LogP) is 4.07. The third-order valence-corrected chi connectivity index (χ3v) is 3.65. The van der Waals surface area contributed by atoms with E-state index in [1.165, 1.54) is 18.2 Å². The van der Waals surface area contributed by atoms with Gasteiger partial charge in [0, 0.05) is 6.04 Å². The number of rotatable bonds is 2. The highest BCUT2D eigenvalue weighted by Crippen LogP contribution is 2.37. The van der Waals surface area contributed by atoms with Crippen molar-refractivity contribution in [3.05, 3.63) is 30.1 Å². The van der Waals surface area contributed by atoms with E-state index in [2.05, 4.69) is 10.6 Å². The van der Waals surface area contributed by atoms with E-state index in [0.717, 1.165) is 0 Å². The minimum Gasteiger partial charge on any atom is -0.335 e. The molecule has 0 unspecified atom stereocenters. The van der Waals surface area contributed by atoms with Gasteiger partial charge in [-0.25, -0.2) is 9.18 Å². The molecule has 0 radical (unpaired) electrons. The lowest BCUT2D eigenvalue weighted by Crippen LogP contribution is -2.42. The second-order valence-corrected chi connectivity index (χ2v) is 5.17. The molecule has 21 heavy (non-hydrogen) atoms. The molecule has 7 heteroatoms. The Morgan fingerprint density at radius 1 is 1.10 bits per heavy atom. The predicted molar refractivity (Wildman–Crippen MR) is 70.4 cm³/mol. The minimum absolute atomic E-state index is 0.00808. The molecule has 1 fully saturated rings. The molecule has 116 valence electrons. The molecular formula is C14H16F4N2O. The van der Waals surface area contributed by atoms with Gasteiger partial charge in [-0.05, 0) is 37.8 Å². The quantitative estimate of drug-likeness (QED) is 0.795. The van der Waals surface area contributed by atoms with Crippen molar-refractivity contribution in [3.8, 4) is 0 Å². The van der Waals surface area contributed by atoms with Crippen molar-refractivity contribution >= 4 is 11.7 Å². The Morgan fingerprint density at radius 3 is 2.29 bits per heavy atom. The maximum absolute atomic E-state index is 13.3. The lowest BCUT2D eigenvalue weighted by molar-refractivity contribution is -0.182. The van der Waals surface area contributed by atoms with Gasteiger partial charge in [0.25, 0.3) is 0 Å². The molecule has 0 bridgehead atoms. The van der Waals surface area contributed by atoms with Gasteiger partial charge in [0.15, 0.2) is 0 Å². The van der Waals surface area contributed by atoms with Crippen LogP contribution in [0, 0.1) is 11.7 Å². The Labute approximate surface area is 119 Å². The minimum atomic E-state index is -4.17. The molecule has 2 rings (SSSR count). The van der Waals surface area contributed by atoms with Crippen LogP contribution in [0.4, 0.5) is 28.0 Å². The van der Waals surface area contributed by atoms with Gasteiger partial charge in [-0.2, -0.15) is 13.2 Å². The number of hydrogen-bond donors (Lipinski definition) is 2. The lowest BCUT2D eigenvalue weighted by atomic mass is 9.86. The van der Waals surface area contributed by atoms with Crippen LogP contribution in [0.5, 0.6) is 0 Å². The monoisotopic (exact) mass is 304 g/mol. The van der Waals surface area contributed by atoms with Crippen molar-refractivity contribution in [2.75, 3.05) is 5.32 Å². The average molecular weight is 304 g/mol. The molecule has 1 aliphatic carbocycles. The summed E-state index contributed by atoms with van der Waals surface area (Å²) in [5, 5.41) is 4.93. The third kappa shape index (κ3) is 4.34. The van der Waals surface area contributed by atoms with Gasteiger partial charge in [0.1, 0.15) is 5.82 Å². The van der Waals surface area contributed by atoms with Crippen molar-refractivity contribution in [3.63, 3.8) is 0 Å². The van der Waals surface area contributed by atoms with E-state index in [-0.39, 0.29) is 37.4 Å². The fraction of sp³-hybridized carbons (Fsp3) is 0.500. The fourth-order valence-electron chi connectivity index (χ4n) is 2.47. The molecule has 2 amide bonds. The van der Waals surface area contributed by atoms with Crippen LogP contribution in [0.25, 0.3) is 0 Å². The van der Waals surface area contributed by atoms with Crippen molar-refractivity contribution in [2.24, 2.45) is 5.92 Å². The Bertz CT molecular complexity index is 496. The van der Waals surface area contributed by atoms with Crippen LogP contribution in [0.1, 0.15) is 25.7 Å². The van der Waals surface area contributed by atoms with E-state index in [4.69, 9.17) is 0 Å². The molecule has 1 aliphatic rings. The highest BCUT2D eigenvalue weighted by Gasteiger charge is 2.41. The molecule has 3 nitrogen and oxygen atoms in total. The summed E-state index contributed by atoms with van der Waals surface area (Å²) in [6, 6.07) is 4.79. The third-order valence-electron chi connectivity index (χ3n) is 3.65. The van der Waals surface area contributed by atoms with E-state index in [1.54, 1.807) is 6.07 Å². The summed E-state index contributed by atoms with van der Waals surface area (Å²) in [6.45, 7) is 0. The van der Waals surface area contributed by atoms with E-state index in [0.29, 0.717) is 0 Å². The standard InChI is InChI=1S/C14H16F4N2O/c15-11-3-1-2-4-12(11)20-13(21)19-10-7-5-9(6-8-10)14(16,17)18/h1-4,9-10H,5-8H2,(H2,19,20,21).